The van der Waals surface area contributed by atoms with Crippen LogP contribution in [0.2, 0.25) is 0 Å². The summed E-state index contributed by atoms with van der Waals surface area (Å²) in [4.78, 5) is 0. The van der Waals surface area contributed by atoms with Crippen LogP contribution in [0.15, 0.2) is 18.2 Å². The molecule has 84 valence electrons. The van der Waals surface area contributed by atoms with E-state index in [9.17, 15) is 0 Å². The Balaban J connectivity index is 2.27. The van der Waals surface area contributed by atoms with Gasteiger partial charge < -0.3 is 15.2 Å². The van der Waals surface area contributed by atoms with Gasteiger partial charge in [0, 0.05) is 11.8 Å². The SMILES string of the molecule is COc1cc(N)ccc1Oc1nnc(C)s1. The monoisotopic (exact) mass is 237 g/mol. The molecule has 0 atom stereocenters. The Labute approximate surface area is 96.8 Å². The summed E-state index contributed by atoms with van der Waals surface area (Å²) in [5.74, 6) is 1.15. The smallest absolute Gasteiger partial charge is 0.299 e. The third-order valence-corrected chi connectivity index (χ3v) is 2.61. The molecule has 0 bridgehead atoms. The van der Waals surface area contributed by atoms with Gasteiger partial charge in [-0.05, 0) is 19.1 Å². The van der Waals surface area contributed by atoms with Gasteiger partial charge >= 0.3 is 0 Å². The maximum atomic E-state index is 5.64. The van der Waals surface area contributed by atoms with E-state index in [1.807, 2.05) is 6.92 Å². The van der Waals surface area contributed by atoms with Gasteiger partial charge in [-0.1, -0.05) is 16.4 Å². The van der Waals surface area contributed by atoms with Gasteiger partial charge in [0.1, 0.15) is 5.01 Å². The fraction of sp³-hybridized carbons (Fsp3) is 0.200. The van der Waals surface area contributed by atoms with Crippen molar-refractivity contribution in [2.75, 3.05) is 12.8 Å². The van der Waals surface area contributed by atoms with E-state index in [-0.39, 0.29) is 0 Å². The molecular weight excluding hydrogens is 226 g/mol. The standard InChI is InChI=1S/C10H11N3O2S/c1-6-12-13-10(16-6)15-8-4-3-7(11)5-9(8)14-2/h3-5H,11H2,1-2H3. The molecule has 2 rings (SSSR count). The van der Waals surface area contributed by atoms with E-state index in [1.54, 1.807) is 25.3 Å². The number of rotatable bonds is 3. The number of nitrogens with two attached hydrogens (primary N) is 1. The summed E-state index contributed by atoms with van der Waals surface area (Å²) >= 11 is 1.37. The Kier molecular flexibility index (Phi) is 2.91. The normalized spacial score (nSPS) is 10.1. The van der Waals surface area contributed by atoms with Crippen LogP contribution in [0.25, 0.3) is 0 Å². The summed E-state index contributed by atoms with van der Waals surface area (Å²) in [7, 11) is 1.56. The van der Waals surface area contributed by atoms with Crippen molar-refractivity contribution in [3.63, 3.8) is 0 Å². The molecule has 0 spiro atoms. The highest BCUT2D eigenvalue weighted by Crippen LogP contribution is 2.33. The largest absolute Gasteiger partial charge is 0.493 e. The highest BCUT2D eigenvalue weighted by molar-refractivity contribution is 7.13. The van der Waals surface area contributed by atoms with E-state index in [1.165, 1.54) is 11.3 Å². The molecule has 5 nitrogen and oxygen atoms in total. The summed E-state index contributed by atoms with van der Waals surface area (Å²) in [6.45, 7) is 1.87. The number of aromatic nitrogens is 2. The zero-order valence-corrected chi connectivity index (χ0v) is 9.75. The number of aryl methyl sites for hydroxylation is 1. The summed E-state index contributed by atoms with van der Waals surface area (Å²) in [6.07, 6.45) is 0. The van der Waals surface area contributed by atoms with Crippen LogP contribution in [0, 0.1) is 6.92 Å². The fourth-order valence-corrected chi connectivity index (χ4v) is 1.73. The van der Waals surface area contributed by atoms with Gasteiger partial charge in [0.05, 0.1) is 7.11 Å². The van der Waals surface area contributed by atoms with Crippen LogP contribution in [-0.4, -0.2) is 17.3 Å². The number of hydrogen-bond donors (Lipinski definition) is 1. The average molecular weight is 237 g/mol. The Morgan fingerprint density at radius 1 is 1.25 bits per heavy atom. The van der Waals surface area contributed by atoms with Crippen molar-refractivity contribution in [1.82, 2.24) is 10.2 Å². The minimum Gasteiger partial charge on any atom is -0.493 e. The Morgan fingerprint density at radius 3 is 2.69 bits per heavy atom. The van der Waals surface area contributed by atoms with Crippen LogP contribution in [-0.2, 0) is 0 Å². The van der Waals surface area contributed by atoms with Gasteiger partial charge in [0.25, 0.3) is 5.19 Å². The zero-order chi connectivity index (χ0) is 11.5. The minimum atomic E-state index is 0.487. The van der Waals surface area contributed by atoms with E-state index in [0.29, 0.717) is 22.4 Å². The van der Waals surface area contributed by atoms with E-state index < -0.39 is 0 Å². The number of ether oxygens (including phenoxy) is 2. The third kappa shape index (κ3) is 2.22. The lowest BCUT2D eigenvalue weighted by molar-refractivity contribution is 0.377. The molecule has 1 aromatic carbocycles. The zero-order valence-electron chi connectivity index (χ0n) is 8.93. The molecule has 0 aliphatic rings. The molecule has 1 aromatic heterocycles. The second kappa shape index (κ2) is 4.36. The van der Waals surface area contributed by atoms with Crippen LogP contribution >= 0.6 is 11.3 Å². The maximum Gasteiger partial charge on any atom is 0.299 e. The lowest BCUT2D eigenvalue weighted by Crippen LogP contribution is -1.92. The van der Waals surface area contributed by atoms with Crippen molar-refractivity contribution in [3.8, 4) is 16.7 Å². The summed E-state index contributed by atoms with van der Waals surface area (Å²) in [5, 5.41) is 9.07. The van der Waals surface area contributed by atoms with Crippen molar-refractivity contribution in [2.45, 2.75) is 6.92 Å². The van der Waals surface area contributed by atoms with E-state index in [0.717, 1.165) is 5.01 Å². The van der Waals surface area contributed by atoms with Crippen LogP contribution < -0.4 is 15.2 Å². The Morgan fingerprint density at radius 2 is 2.06 bits per heavy atom. The number of nitrogen functional groups attached to an aromatic ring is 1. The lowest BCUT2D eigenvalue weighted by Gasteiger charge is -2.07. The van der Waals surface area contributed by atoms with Gasteiger partial charge in [-0.25, -0.2) is 0 Å². The van der Waals surface area contributed by atoms with Crippen LogP contribution in [0.3, 0.4) is 0 Å². The topological polar surface area (TPSA) is 70.3 Å². The van der Waals surface area contributed by atoms with Gasteiger partial charge in [-0.2, -0.15) is 0 Å². The number of anilines is 1. The molecule has 6 heteroatoms. The van der Waals surface area contributed by atoms with E-state index in [4.69, 9.17) is 15.2 Å². The van der Waals surface area contributed by atoms with Crippen LogP contribution in [0.5, 0.6) is 16.7 Å². The summed E-state index contributed by atoms with van der Waals surface area (Å²) < 4.78 is 10.7. The molecule has 2 N–H and O–H groups in total. The molecule has 0 saturated heterocycles. The Bertz CT molecular complexity index is 499. The van der Waals surface area contributed by atoms with Gasteiger partial charge in [0.15, 0.2) is 11.5 Å². The summed E-state index contributed by atoms with van der Waals surface area (Å²) in [5.41, 5.74) is 6.26. The number of hydrogen-bond acceptors (Lipinski definition) is 6. The predicted octanol–water partition coefficient (Wildman–Crippen LogP) is 2.23. The predicted molar refractivity (Wildman–Crippen MR) is 62.1 cm³/mol. The molecular formula is C10H11N3O2S. The van der Waals surface area contributed by atoms with E-state index >= 15 is 0 Å². The van der Waals surface area contributed by atoms with Crippen molar-refractivity contribution in [3.05, 3.63) is 23.2 Å². The molecule has 2 aromatic rings. The first kappa shape index (κ1) is 10.7. The molecule has 0 radical (unpaired) electrons. The fourth-order valence-electron chi connectivity index (χ4n) is 1.18. The molecule has 0 saturated carbocycles. The number of methoxy groups -OCH3 is 1. The maximum absolute atomic E-state index is 5.64. The number of nitrogens with zero attached hydrogens (tertiary/aromatic N) is 2. The van der Waals surface area contributed by atoms with Crippen molar-refractivity contribution >= 4 is 17.0 Å². The first-order valence-corrected chi connectivity index (χ1v) is 5.42. The molecule has 0 aliphatic carbocycles. The second-order valence-corrected chi connectivity index (χ2v) is 4.24. The molecule has 0 unspecified atom stereocenters. The third-order valence-electron chi connectivity index (χ3n) is 1.89. The quantitative estimate of drug-likeness (QED) is 0.829. The lowest BCUT2D eigenvalue weighted by atomic mass is 10.3. The van der Waals surface area contributed by atoms with E-state index in [2.05, 4.69) is 10.2 Å². The highest BCUT2D eigenvalue weighted by Gasteiger charge is 2.08. The minimum absolute atomic E-state index is 0.487. The molecule has 0 amide bonds. The molecule has 0 fully saturated rings. The van der Waals surface area contributed by atoms with Crippen LogP contribution in [0.4, 0.5) is 5.69 Å². The molecule has 0 aliphatic heterocycles. The van der Waals surface area contributed by atoms with Gasteiger partial charge in [-0.15, -0.1) is 5.10 Å². The van der Waals surface area contributed by atoms with Crippen molar-refractivity contribution in [1.29, 1.82) is 0 Å². The molecule has 1 heterocycles. The highest BCUT2D eigenvalue weighted by atomic mass is 32.1. The van der Waals surface area contributed by atoms with Gasteiger partial charge in [-0.3, -0.25) is 0 Å². The second-order valence-electron chi connectivity index (χ2n) is 3.10. The first-order chi connectivity index (χ1) is 7.69. The molecule has 16 heavy (non-hydrogen) atoms. The summed E-state index contributed by atoms with van der Waals surface area (Å²) in [6, 6.07) is 5.18. The van der Waals surface area contributed by atoms with Crippen LogP contribution in [0.1, 0.15) is 5.01 Å². The first-order valence-electron chi connectivity index (χ1n) is 4.60. The van der Waals surface area contributed by atoms with Crippen molar-refractivity contribution < 1.29 is 9.47 Å². The Hall–Kier alpha value is -1.82. The number of benzene rings is 1. The van der Waals surface area contributed by atoms with Crippen molar-refractivity contribution in [2.24, 2.45) is 0 Å². The average Bonchev–Trinajstić information content (AvgIpc) is 2.67. The van der Waals surface area contributed by atoms with Gasteiger partial charge in [0.2, 0.25) is 0 Å².